The normalized spacial score (nSPS) is 15.1. The van der Waals surface area contributed by atoms with Crippen molar-refractivity contribution in [1.29, 1.82) is 0 Å². The predicted molar refractivity (Wildman–Crippen MR) is 85.4 cm³/mol. The van der Waals surface area contributed by atoms with E-state index in [1.165, 1.54) is 12.3 Å². The second-order valence-electron chi connectivity index (χ2n) is 6.51. The maximum absolute atomic E-state index is 12.1. The number of amides is 3. The van der Waals surface area contributed by atoms with Gasteiger partial charge >= 0.3 is 6.09 Å². The zero-order chi connectivity index (χ0) is 17.7. The van der Waals surface area contributed by atoms with Crippen molar-refractivity contribution in [3.63, 3.8) is 0 Å². The van der Waals surface area contributed by atoms with Gasteiger partial charge in [0.2, 0.25) is 5.91 Å². The highest BCUT2D eigenvalue weighted by Crippen LogP contribution is 2.12. The minimum absolute atomic E-state index is 0.105. The quantitative estimate of drug-likeness (QED) is 0.891. The fourth-order valence-electron chi connectivity index (χ4n) is 2.23. The molecule has 1 saturated heterocycles. The Bertz CT molecular complexity index is 583. The largest absolute Gasteiger partial charge is 0.459 e. The van der Waals surface area contributed by atoms with Crippen LogP contribution in [0.25, 0.3) is 0 Å². The van der Waals surface area contributed by atoms with Crippen LogP contribution < -0.4 is 5.32 Å². The van der Waals surface area contributed by atoms with Gasteiger partial charge in [-0.1, -0.05) is 0 Å². The third kappa shape index (κ3) is 5.00. The summed E-state index contributed by atoms with van der Waals surface area (Å²) in [6.07, 6.45) is 1.02. The van der Waals surface area contributed by atoms with Crippen molar-refractivity contribution in [3.05, 3.63) is 24.2 Å². The Labute approximate surface area is 140 Å². The zero-order valence-electron chi connectivity index (χ0n) is 14.2. The van der Waals surface area contributed by atoms with Crippen molar-refractivity contribution in [3.8, 4) is 0 Å². The fraction of sp³-hybridized carbons (Fsp3) is 0.562. The lowest BCUT2D eigenvalue weighted by Gasteiger charge is -2.35. The molecule has 0 saturated carbocycles. The Morgan fingerprint density at radius 2 is 1.79 bits per heavy atom. The number of rotatable bonds is 3. The van der Waals surface area contributed by atoms with Gasteiger partial charge in [0, 0.05) is 26.2 Å². The molecule has 1 fully saturated rings. The molecule has 8 nitrogen and oxygen atoms in total. The topological polar surface area (TPSA) is 92.1 Å². The van der Waals surface area contributed by atoms with Crippen molar-refractivity contribution in [2.24, 2.45) is 0 Å². The molecule has 1 N–H and O–H groups in total. The van der Waals surface area contributed by atoms with Crippen LogP contribution in [0.5, 0.6) is 0 Å². The number of carbonyl (C=O) groups is 3. The van der Waals surface area contributed by atoms with Gasteiger partial charge in [-0.15, -0.1) is 0 Å². The molecule has 0 aromatic carbocycles. The van der Waals surface area contributed by atoms with E-state index < -0.39 is 11.5 Å². The average Bonchev–Trinajstić information content (AvgIpc) is 3.05. The van der Waals surface area contributed by atoms with Crippen molar-refractivity contribution >= 4 is 17.9 Å². The summed E-state index contributed by atoms with van der Waals surface area (Å²) in [5.41, 5.74) is -0.541. The Morgan fingerprint density at radius 3 is 2.33 bits per heavy atom. The van der Waals surface area contributed by atoms with Crippen LogP contribution in [0.4, 0.5) is 4.79 Å². The Kier molecular flexibility index (Phi) is 5.48. The van der Waals surface area contributed by atoms with Gasteiger partial charge in [0.1, 0.15) is 5.60 Å². The minimum atomic E-state index is -0.541. The summed E-state index contributed by atoms with van der Waals surface area (Å²) in [5.74, 6) is -0.461. The van der Waals surface area contributed by atoms with Crippen molar-refractivity contribution in [2.45, 2.75) is 26.4 Å². The van der Waals surface area contributed by atoms with E-state index in [1.807, 2.05) is 20.8 Å². The highest BCUT2D eigenvalue weighted by atomic mass is 16.6. The van der Waals surface area contributed by atoms with E-state index in [1.54, 1.807) is 15.9 Å². The van der Waals surface area contributed by atoms with Crippen molar-refractivity contribution in [2.75, 3.05) is 32.7 Å². The van der Waals surface area contributed by atoms with E-state index in [0.29, 0.717) is 26.2 Å². The molecule has 0 radical (unpaired) electrons. The van der Waals surface area contributed by atoms with Crippen LogP contribution in [0.2, 0.25) is 0 Å². The van der Waals surface area contributed by atoms with E-state index in [9.17, 15) is 14.4 Å². The summed E-state index contributed by atoms with van der Waals surface area (Å²) in [7, 11) is 0. The van der Waals surface area contributed by atoms with E-state index in [4.69, 9.17) is 9.15 Å². The maximum Gasteiger partial charge on any atom is 0.410 e. The molecule has 1 aromatic rings. The number of hydrogen-bond donors (Lipinski definition) is 1. The molecule has 1 aliphatic heterocycles. The number of nitrogens with zero attached hydrogens (tertiary/aromatic N) is 2. The number of hydrogen-bond acceptors (Lipinski definition) is 5. The van der Waals surface area contributed by atoms with Crippen LogP contribution in [0.1, 0.15) is 31.3 Å². The van der Waals surface area contributed by atoms with Gasteiger partial charge in [0.15, 0.2) is 5.76 Å². The molecule has 24 heavy (non-hydrogen) atoms. The molecule has 0 unspecified atom stereocenters. The fourth-order valence-corrected chi connectivity index (χ4v) is 2.23. The molecule has 3 amide bonds. The molecule has 132 valence electrons. The summed E-state index contributed by atoms with van der Waals surface area (Å²) < 4.78 is 10.3. The maximum atomic E-state index is 12.1. The Hall–Kier alpha value is -2.51. The first-order chi connectivity index (χ1) is 11.3. The van der Waals surface area contributed by atoms with Gasteiger partial charge in [-0.05, 0) is 32.9 Å². The number of piperazine rings is 1. The minimum Gasteiger partial charge on any atom is -0.459 e. The number of ether oxygens (including phenoxy) is 1. The molecule has 2 rings (SSSR count). The van der Waals surface area contributed by atoms with Crippen LogP contribution >= 0.6 is 0 Å². The lowest BCUT2D eigenvalue weighted by atomic mass is 10.2. The lowest BCUT2D eigenvalue weighted by Crippen LogP contribution is -2.53. The smallest absolute Gasteiger partial charge is 0.410 e. The molecular formula is C16H23N3O5. The second kappa shape index (κ2) is 7.37. The number of nitrogens with one attached hydrogen (secondary N) is 1. The lowest BCUT2D eigenvalue weighted by molar-refractivity contribution is -0.131. The average molecular weight is 337 g/mol. The van der Waals surface area contributed by atoms with E-state index in [-0.39, 0.29) is 24.3 Å². The standard InChI is InChI=1S/C16H23N3O5/c1-16(2,3)24-15(22)19-8-6-18(7-9-19)13(20)11-17-14(21)12-5-4-10-23-12/h4-5,10H,6-9,11H2,1-3H3,(H,17,21). The molecule has 0 aliphatic carbocycles. The number of furan rings is 1. The first-order valence-corrected chi connectivity index (χ1v) is 7.84. The zero-order valence-corrected chi connectivity index (χ0v) is 14.2. The first-order valence-electron chi connectivity index (χ1n) is 7.84. The molecule has 8 heteroatoms. The van der Waals surface area contributed by atoms with E-state index in [2.05, 4.69) is 5.32 Å². The molecule has 0 spiro atoms. The van der Waals surface area contributed by atoms with Gasteiger partial charge < -0.3 is 24.3 Å². The molecule has 0 atom stereocenters. The summed E-state index contributed by atoms with van der Waals surface area (Å²) in [6, 6.07) is 3.13. The molecular weight excluding hydrogens is 314 g/mol. The third-order valence-corrected chi connectivity index (χ3v) is 3.43. The predicted octanol–water partition coefficient (Wildman–Crippen LogP) is 1.09. The number of carbonyl (C=O) groups excluding carboxylic acids is 3. The summed E-state index contributed by atoms with van der Waals surface area (Å²) in [4.78, 5) is 39.0. The van der Waals surface area contributed by atoms with Crippen LogP contribution in [0, 0.1) is 0 Å². The molecule has 1 aliphatic rings. The second-order valence-corrected chi connectivity index (χ2v) is 6.51. The van der Waals surface area contributed by atoms with Crippen LogP contribution in [0.3, 0.4) is 0 Å². The molecule has 0 bridgehead atoms. The molecule has 1 aromatic heterocycles. The summed E-state index contributed by atoms with van der Waals surface area (Å²) in [6.45, 7) is 6.97. The van der Waals surface area contributed by atoms with Crippen molar-refractivity contribution < 1.29 is 23.5 Å². The van der Waals surface area contributed by atoms with Gasteiger partial charge in [0.05, 0.1) is 12.8 Å². The van der Waals surface area contributed by atoms with Crippen LogP contribution in [-0.2, 0) is 9.53 Å². The van der Waals surface area contributed by atoms with E-state index >= 15 is 0 Å². The monoisotopic (exact) mass is 337 g/mol. The van der Waals surface area contributed by atoms with E-state index in [0.717, 1.165) is 0 Å². The van der Waals surface area contributed by atoms with Gasteiger partial charge in [0.25, 0.3) is 5.91 Å². The molecule has 2 heterocycles. The van der Waals surface area contributed by atoms with Crippen molar-refractivity contribution in [1.82, 2.24) is 15.1 Å². The highest BCUT2D eigenvalue weighted by Gasteiger charge is 2.27. The SMILES string of the molecule is CC(C)(C)OC(=O)N1CCN(C(=O)CNC(=O)c2ccco2)CC1. The summed E-state index contributed by atoms with van der Waals surface area (Å²) in [5, 5.41) is 2.52. The Morgan fingerprint density at radius 1 is 1.17 bits per heavy atom. The van der Waals surface area contributed by atoms with Gasteiger partial charge in [-0.25, -0.2) is 4.79 Å². The Balaban J connectivity index is 1.74. The third-order valence-electron chi connectivity index (χ3n) is 3.43. The summed E-state index contributed by atoms with van der Waals surface area (Å²) >= 11 is 0. The van der Waals surface area contributed by atoms with Gasteiger partial charge in [-0.2, -0.15) is 0 Å². The highest BCUT2D eigenvalue weighted by molar-refractivity contribution is 5.94. The van der Waals surface area contributed by atoms with Crippen LogP contribution in [-0.4, -0.2) is 66.0 Å². The first kappa shape index (κ1) is 17.8. The van der Waals surface area contributed by atoms with Gasteiger partial charge in [-0.3, -0.25) is 9.59 Å². The van der Waals surface area contributed by atoms with Crippen LogP contribution in [0.15, 0.2) is 22.8 Å².